The zero-order chi connectivity index (χ0) is 11.8. The summed E-state index contributed by atoms with van der Waals surface area (Å²) in [6.45, 7) is 0. The summed E-state index contributed by atoms with van der Waals surface area (Å²) in [6, 6.07) is 15.8. The van der Waals surface area contributed by atoms with Crippen LogP contribution in [-0.2, 0) is 0 Å². The van der Waals surface area contributed by atoms with Gasteiger partial charge in [-0.2, -0.15) is 0 Å². The number of rotatable bonds is 1. The number of nitrogen functional groups attached to an aromatic ring is 1. The van der Waals surface area contributed by atoms with E-state index in [0.29, 0.717) is 11.3 Å². The Morgan fingerprint density at radius 2 is 1.59 bits per heavy atom. The van der Waals surface area contributed by atoms with E-state index in [4.69, 9.17) is 5.73 Å². The smallest absolute Gasteiger partial charge is 0.150 e. The summed E-state index contributed by atoms with van der Waals surface area (Å²) in [4.78, 5) is 10.8. The molecule has 2 heteroatoms. The predicted molar refractivity (Wildman–Crippen MR) is 71.3 cm³/mol. The van der Waals surface area contributed by atoms with E-state index in [2.05, 4.69) is 24.3 Å². The van der Waals surface area contributed by atoms with Crippen LogP contribution in [0.25, 0.3) is 21.5 Å². The highest BCUT2D eigenvalue weighted by Gasteiger charge is 2.03. The third kappa shape index (κ3) is 1.54. The van der Waals surface area contributed by atoms with E-state index in [-0.39, 0.29) is 0 Å². The van der Waals surface area contributed by atoms with Gasteiger partial charge in [-0.1, -0.05) is 24.3 Å². The van der Waals surface area contributed by atoms with Crippen LogP contribution in [0, 0.1) is 0 Å². The first-order valence-corrected chi connectivity index (χ1v) is 5.45. The minimum absolute atomic E-state index is 0.616. The Bertz CT molecular complexity index is 731. The van der Waals surface area contributed by atoms with Gasteiger partial charge in [-0.3, -0.25) is 4.79 Å². The van der Waals surface area contributed by atoms with Gasteiger partial charge in [0.25, 0.3) is 0 Å². The van der Waals surface area contributed by atoms with Gasteiger partial charge in [-0.25, -0.2) is 0 Å². The number of hydrogen-bond donors (Lipinski definition) is 1. The Labute approximate surface area is 98.7 Å². The third-order valence-corrected chi connectivity index (χ3v) is 3.01. The maximum Gasteiger partial charge on any atom is 0.150 e. The molecule has 0 amide bonds. The van der Waals surface area contributed by atoms with Crippen molar-refractivity contribution in [1.29, 1.82) is 0 Å². The van der Waals surface area contributed by atoms with Crippen molar-refractivity contribution in [3.63, 3.8) is 0 Å². The zero-order valence-electron chi connectivity index (χ0n) is 9.18. The van der Waals surface area contributed by atoms with Gasteiger partial charge >= 0.3 is 0 Å². The fourth-order valence-corrected chi connectivity index (χ4v) is 2.17. The number of benzene rings is 3. The van der Waals surface area contributed by atoms with E-state index >= 15 is 0 Å². The van der Waals surface area contributed by atoms with Crippen LogP contribution in [0.3, 0.4) is 0 Å². The average Bonchev–Trinajstić information content (AvgIpc) is 2.36. The molecule has 0 aliphatic heterocycles. The molecule has 0 aromatic heterocycles. The van der Waals surface area contributed by atoms with Gasteiger partial charge in [0.2, 0.25) is 0 Å². The summed E-state index contributed by atoms with van der Waals surface area (Å²) < 4.78 is 0. The van der Waals surface area contributed by atoms with Crippen LogP contribution in [0.2, 0.25) is 0 Å². The molecule has 0 aliphatic carbocycles. The Kier molecular flexibility index (Phi) is 2.08. The van der Waals surface area contributed by atoms with Crippen LogP contribution in [0.5, 0.6) is 0 Å². The molecule has 0 saturated heterocycles. The molecule has 0 fully saturated rings. The van der Waals surface area contributed by atoms with Crippen molar-refractivity contribution in [3.8, 4) is 0 Å². The fourth-order valence-electron chi connectivity index (χ4n) is 2.17. The SMILES string of the molecule is Nc1cc(C=O)cc2cc3ccccc3cc12. The van der Waals surface area contributed by atoms with Crippen molar-refractivity contribution in [3.05, 3.63) is 54.1 Å². The van der Waals surface area contributed by atoms with Gasteiger partial charge in [0.15, 0.2) is 0 Å². The first kappa shape index (κ1) is 9.85. The predicted octanol–water partition coefficient (Wildman–Crippen LogP) is 3.39. The van der Waals surface area contributed by atoms with Gasteiger partial charge < -0.3 is 5.73 Å². The number of hydrogen-bond acceptors (Lipinski definition) is 2. The van der Waals surface area contributed by atoms with Crippen molar-refractivity contribution < 1.29 is 4.79 Å². The standard InChI is InChI=1S/C15H11NO/c16-15-6-10(9-17)5-13-7-11-3-1-2-4-12(11)8-14(13)15/h1-9H,16H2. The monoisotopic (exact) mass is 221 g/mol. The number of carbonyl (C=O) groups excluding carboxylic acids is 1. The van der Waals surface area contributed by atoms with Crippen molar-refractivity contribution in [2.75, 3.05) is 5.73 Å². The summed E-state index contributed by atoms with van der Waals surface area (Å²) in [6.07, 6.45) is 0.824. The summed E-state index contributed by atoms with van der Waals surface area (Å²) >= 11 is 0. The van der Waals surface area contributed by atoms with Crippen LogP contribution in [0.1, 0.15) is 10.4 Å². The van der Waals surface area contributed by atoms with Crippen LogP contribution >= 0.6 is 0 Å². The molecule has 0 spiro atoms. The molecule has 0 unspecified atom stereocenters. The average molecular weight is 221 g/mol. The molecule has 3 aromatic rings. The summed E-state index contributed by atoms with van der Waals surface area (Å²) in [5.41, 5.74) is 7.23. The van der Waals surface area contributed by atoms with E-state index in [1.165, 1.54) is 0 Å². The minimum Gasteiger partial charge on any atom is -0.398 e. The summed E-state index contributed by atoms with van der Waals surface area (Å²) in [5.74, 6) is 0. The third-order valence-electron chi connectivity index (χ3n) is 3.01. The molecule has 0 saturated carbocycles. The molecule has 0 bridgehead atoms. The topological polar surface area (TPSA) is 43.1 Å². The molecule has 3 aromatic carbocycles. The van der Waals surface area contributed by atoms with Crippen LogP contribution in [-0.4, -0.2) is 6.29 Å². The lowest BCUT2D eigenvalue weighted by Crippen LogP contribution is -1.90. The minimum atomic E-state index is 0.616. The van der Waals surface area contributed by atoms with Crippen molar-refractivity contribution in [2.45, 2.75) is 0 Å². The normalized spacial score (nSPS) is 10.8. The molecule has 82 valence electrons. The Balaban J connectivity index is 2.47. The molecule has 2 N–H and O–H groups in total. The van der Waals surface area contributed by atoms with Gasteiger partial charge in [-0.05, 0) is 40.4 Å². The van der Waals surface area contributed by atoms with Crippen LogP contribution in [0.15, 0.2) is 48.5 Å². The van der Waals surface area contributed by atoms with E-state index in [0.717, 1.165) is 27.8 Å². The number of fused-ring (bicyclic) bond motifs is 2. The number of aldehydes is 1. The van der Waals surface area contributed by atoms with E-state index in [9.17, 15) is 4.79 Å². The molecular weight excluding hydrogens is 210 g/mol. The number of nitrogens with two attached hydrogens (primary N) is 1. The Morgan fingerprint density at radius 3 is 2.29 bits per heavy atom. The van der Waals surface area contributed by atoms with Crippen molar-refractivity contribution >= 4 is 33.5 Å². The summed E-state index contributed by atoms with van der Waals surface area (Å²) in [7, 11) is 0. The largest absolute Gasteiger partial charge is 0.398 e. The highest BCUT2D eigenvalue weighted by atomic mass is 16.1. The first-order chi connectivity index (χ1) is 8.28. The Morgan fingerprint density at radius 1 is 0.882 bits per heavy atom. The van der Waals surface area contributed by atoms with E-state index in [1.54, 1.807) is 6.07 Å². The van der Waals surface area contributed by atoms with Crippen molar-refractivity contribution in [1.82, 2.24) is 0 Å². The fraction of sp³-hybridized carbons (Fsp3) is 0. The second-order valence-electron chi connectivity index (χ2n) is 4.15. The van der Waals surface area contributed by atoms with Gasteiger partial charge in [-0.15, -0.1) is 0 Å². The lowest BCUT2D eigenvalue weighted by Gasteiger charge is -2.06. The molecular formula is C15H11NO. The highest BCUT2D eigenvalue weighted by Crippen LogP contribution is 2.27. The van der Waals surface area contributed by atoms with E-state index < -0.39 is 0 Å². The second kappa shape index (κ2) is 3.59. The number of anilines is 1. The zero-order valence-corrected chi connectivity index (χ0v) is 9.18. The molecule has 0 radical (unpaired) electrons. The molecule has 2 nitrogen and oxygen atoms in total. The van der Waals surface area contributed by atoms with Crippen molar-refractivity contribution in [2.24, 2.45) is 0 Å². The number of carbonyl (C=O) groups is 1. The highest BCUT2D eigenvalue weighted by molar-refractivity contribution is 6.05. The molecule has 0 heterocycles. The summed E-state index contributed by atoms with van der Waals surface area (Å²) in [5, 5.41) is 4.31. The molecule has 0 aliphatic rings. The van der Waals surface area contributed by atoms with Crippen LogP contribution < -0.4 is 5.73 Å². The lowest BCUT2D eigenvalue weighted by atomic mass is 10.0. The maximum atomic E-state index is 10.8. The Hall–Kier alpha value is -2.35. The van der Waals surface area contributed by atoms with E-state index in [1.807, 2.05) is 18.2 Å². The molecule has 17 heavy (non-hydrogen) atoms. The molecule has 0 atom stereocenters. The maximum absolute atomic E-state index is 10.8. The first-order valence-electron chi connectivity index (χ1n) is 5.45. The van der Waals surface area contributed by atoms with Gasteiger partial charge in [0, 0.05) is 16.6 Å². The lowest BCUT2D eigenvalue weighted by molar-refractivity contribution is 0.112. The quantitative estimate of drug-likeness (QED) is 0.389. The molecule has 3 rings (SSSR count). The van der Waals surface area contributed by atoms with Gasteiger partial charge in [0.05, 0.1) is 0 Å². The second-order valence-corrected chi connectivity index (χ2v) is 4.15. The van der Waals surface area contributed by atoms with Crippen LogP contribution in [0.4, 0.5) is 5.69 Å². The van der Waals surface area contributed by atoms with Gasteiger partial charge in [0.1, 0.15) is 6.29 Å².